The summed E-state index contributed by atoms with van der Waals surface area (Å²) in [5, 5.41) is 0.963. The molecule has 0 aromatic carbocycles. The van der Waals surface area contributed by atoms with Crippen molar-refractivity contribution in [3.8, 4) is 0 Å². The first-order valence-corrected chi connectivity index (χ1v) is 16.9. The fraction of sp³-hybridized carbons (Fsp3) is 0.906. The highest BCUT2D eigenvalue weighted by Gasteiger charge is 2.30. The second-order valence-electron chi connectivity index (χ2n) is 11.1. The first-order valence-electron chi connectivity index (χ1n) is 15.8. The number of unbranched alkanes of at least 4 members (excludes halogenated alkanes) is 20. The zero-order chi connectivity index (χ0) is 25.4. The van der Waals surface area contributed by atoms with Gasteiger partial charge in [0.1, 0.15) is 5.78 Å². The van der Waals surface area contributed by atoms with Gasteiger partial charge in [0, 0.05) is 18.1 Å². The summed E-state index contributed by atoms with van der Waals surface area (Å²) in [5.74, 6) is 0.616. The summed E-state index contributed by atoms with van der Waals surface area (Å²) in [5.41, 5.74) is 0. The van der Waals surface area contributed by atoms with Crippen LogP contribution in [0.2, 0.25) is 0 Å². The van der Waals surface area contributed by atoms with E-state index in [1.165, 1.54) is 128 Å². The molecule has 1 aliphatic heterocycles. The number of carbonyl (C=O) groups is 2. The van der Waals surface area contributed by atoms with E-state index in [0.29, 0.717) is 24.4 Å². The van der Waals surface area contributed by atoms with Crippen LogP contribution in [-0.4, -0.2) is 23.0 Å². The van der Waals surface area contributed by atoms with Gasteiger partial charge in [-0.05, 0) is 25.4 Å². The van der Waals surface area contributed by atoms with Crippen LogP contribution in [0.3, 0.4) is 0 Å². The zero-order valence-corrected chi connectivity index (χ0v) is 24.6. The van der Waals surface area contributed by atoms with Gasteiger partial charge in [-0.3, -0.25) is 9.59 Å². The van der Waals surface area contributed by atoms with Crippen molar-refractivity contribution in [1.29, 1.82) is 0 Å². The maximum absolute atomic E-state index is 12.8. The van der Waals surface area contributed by atoms with Crippen LogP contribution in [0.15, 0.2) is 0 Å². The normalized spacial score (nSPS) is 15.9. The molecule has 0 amide bonds. The molecule has 1 rings (SSSR count). The van der Waals surface area contributed by atoms with Gasteiger partial charge < -0.3 is 0 Å². The van der Waals surface area contributed by atoms with Crippen molar-refractivity contribution < 1.29 is 9.59 Å². The molecule has 0 aliphatic carbocycles. The molecule has 0 saturated heterocycles. The van der Waals surface area contributed by atoms with Crippen LogP contribution < -0.4 is 0 Å². The summed E-state index contributed by atoms with van der Waals surface area (Å²) in [4.78, 5) is 25.6. The fourth-order valence-corrected chi connectivity index (χ4v) is 6.78. The highest BCUT2D eigenvalue weighted by molar-refractivity contribution is 7.44. The summed E-state index contributed by atoms with van der Waals surface area (Å²) in [7, 11) is 1.15. The molecule has 1 heterocycles. The molecule has 1 atom stereocenters. The van der Waals surface area contributed by atoms with Gasteiger partial charge >= 0.3 is 0 Å². The quantitative estimate of drug-likeness (QED) is 0.0863. The van der Waals surface area contributed by atoms with E-state index >= 15 is 0 Å². The lowest BCUT2D eigenvalue weighted by molar-refractivity contribution is -0.122. The molecule has 0 bridgehead atoms. The van der Waals surface area contributed by atoms with Gasteiger partial charge in [0.2, 0.25) is 0 Å². The summed E-state index contributed by atoms with van der Waals surface area (Å²) >= 11 is 0. The van der Waals surface area contributed by atoms with E-state index in [1.54, 1.807) is 0 Å². The lowest BCUT2D eigenvalue weighted by atomic mass is 9.90. The number of hydrogen-bond acceptors (Lipinski definition) is 2. The van der Waals surface area contributed by atoms with Crippen LogP contribution in [-0.2, 0) is 9.59 Å². The minimum atomic E-state index is -0.0417. The van der Waals surface area contributed by atoms with Gasteiger partial charge in [-0.1, -0.05) is 150 Å². The molecule has 0 fully saturated rings. The van der Waals surface area contributed by atoms with Gasteiger partial charge in [0.15, 0.2) is 5.78 Å². The van der Waals surface area contributed by atoms with Crippen LogP contribution >= 0.6 is 8.20 Å². The van der Waals surface area contributed by atoms with Crippen molar-refractivity contribution >= 4 is 25.1 Å². The third-order valence-corrected chi connectivity index (χ3v) is 9.12. The highest BCUT2D eigenvalue weighted by Crippen LogP contribution is 2.28. The standard InChI is InChI=1S/C32H59O2P/c1-3-5-7-9-11-13-15-17-19-21-23-25-30(33)29-27-28-35-32(29)31(34)26-24-22-20-18-16-14-12-10-8-6-4-2/h29H,3-28H2,1-2H3. The number of carbonyl (C=O) groups excluding carboxylic acids is 2. The Labute approximate surface area is 221 Å². The van der Waals surface area contributed by atoms with Gasteiger partial charge in [-0.25, -0.2) is 0 Å². The van der Waals surface area contributed by atoms with E-state index in [4.69, 9.17) is 0 Å². The van der Waals surface area contributed by atoms with Crippen molar-refractivity contribution in [2.24, 2.45) is 5.92 Å². The average molecular weight is 507 g/mol. The topological polar surface area (TPSA) is 34.1 Å². The zero-order valence-electron chi connectivity index (χ0n) is 23.7. The van der Waals surface area contributed by atoms with Crippen molar-refractivity contribution in [2.45, 2.75) is 174 Å². The first kappa shape index (κ1) is 32.5. The van der Waals surface area contributed by atoms with E-state index in [0.717, 1.165) is 38.9 Å². The van der Waals surface area contributed by atoms with Crippen LogP contribution in [0.4, 0.5) is 0 Å². The third-order valence-electron chi connectivity index (χ3n) is 7.74. The van der Waals surface area contributed by atoms with Crippen LogP contribution in [0.5, 0.6) is 0 Å². The second kappa shape index (κ2) is 23.9. The SMILES string of the molecule is CCCCCCCCCCCCCC(=O)C1=PCCC1C(=O)CCCCCCCCCCCCC. The predicted octanol–water partition coefficient (Wildman–Crippen LogP) is 10.7. The maximum atomic E-state index is 12.8. The van der Waals surface area contributed by atoms with E-state index < -0.39 is 0 Å². The first-order chi connectivity index (χ1) is 17.2. The molecule has 0 aromatic rings. The second-order valence-corrected chi connectivity index (χ2v) is 12.3. The summed E-state index contributed by atoms with van der Waals surface area (Å²) in [6.07, 6.45) is 32.1. The van der Waals surface area contributed by atoms with Gasteiger partial charge in [0.25, 0.3) is 0 Å². The number of rotatable bonds is 26. The van der Waals surface area contributed by atoms with E-state index in [1.807, 2.05) is 0 Å². The maximum Gasteiger partial charge on any atom is 0.163 e. The Morgan fingerprint density at radius 2 is 0.943 bits per heavy atom. The number of Topliss-reactive ketones (excluding diaryl/α,β-unsaturated/α-hetero) is 2. The third kappa shape index (κ3) is 17.6. The van der Waals surface area contributed by atoms with Crippen molar-refractivity contribution in [2.75, 3.05) is 6.16 Å². The molecule has 0 radical (unpaired) electrons. The Morgan fingerprint density at radius 3 is 1.37 bits per heavy atom. The Morgan fingerprint density at radius 1 is 0.571 bits per heavy atom. The van der Waals surface area contributed by atoms with Gasteiger partial charge in [0.05, 0.1) is 5.92 Å². The molecule has 1 aliphatic rings. The summed E-state index contributed by atoms with van der Waals surface area (Å²) < 4.78 is 0. The molecular formula is C32H59O2P. The Balaban J connectivity index is 2.02. The smallest absolute Gasteiger partial charge is 0.163 e. The fourth-order valence-electron chi connectivity index (χ4n) is 5.37. The lowest BCUT2D eigenvalue weighted by Crippen LogP contribution is -2.26. The largest absolute Gasteiger partial charge is 0.299 e. The van der Waals surface area contributed by atoms with Crippen molar-refractivity contribution in [3.63, 3.8) is 0 Å². The van der Waals surface area contributed by atoms with Gasteiger partial charge in [-0.2, -0.15) is 0 Å². The monoisotopic (exact) mass is 506 g/mol. The van der Waals surface area contributed by atoms with Crippen LogP contribution in [0.1, 0.15) is 174 Å². The summed E-state index contributed by atoms with van der Waals surface area (Å²) in [6, 6.07) is 0. The molecular weight excluding hydrogens is 447 g/mol. The number of ketones is 2. The number of hydrogen-bond donors (Lipinski definition) is 0. The van der Waals surface area contributed by atoms with Crippen molar-refractivity contribution in [3.05, 3.63) is 0 Å². The summed E-state index contributed by atoms with van der Waals surface area (Å²) in [6.45, 7) is 4.54. The highest BCUT2D eigenvalue weighted by atomic mass is 31.1. The Hall–Kier alpha value is -0.490. The molecule has 1 unspecified atom stereocenters. The molecule has 0 N–H and O–H groups in total. The molecule has 2 nitrogen and oxygen atoms in total. The average Bonchev–Trinajstić information content (AvgIpc) is 3.36. The van der Waals surface area contributed by atoms with E-state index in [9.17, 15) is 9.59 Å². The Kier molecular flexibility index (Phi) is 22.2. The molecule has 0 aromatic heterocycles. The van der Waals surface area contributed by atoms with Crippen LogP contribution in [0, 0.1) is 5.92 Å². The molecule has 35 heavy (non-hydrogen) atoms. The lowest BCUT2D eigenvalue weighted by Gasteiger charge is -2.13. The van der Waals surface area contributed by atoms with Gasteiger partial charge in [-0.15, -0.1) is 0 Å². The molecule has 0 spiro atoms. The Bertz CT molecular complexity index is 554. The molecule has 3 heteroatoms. The van der Waals surface area contributed by atoms with Crippen molar-refractivity contribution in [1.82, 2.24) is 0 Å². The van der Waals surface area contributed by atoms with E-state index in [2.05, 4.69) is 13.8 Å². The minimum absolute atomic E-state index is 0.0417. The predicted molar refractivity (Wildman–Crippen MR) is 157 cm³/mol. The van der Waals surface area contributed by atoms with E-state index in [-0.39, 0.29) is 5.92 Å². The molecule has 204 valence electrons. The molecule has 0 saturated carbocycles. The minimum Gasteiger partial charge on any atom is -0.299 e. The van der Waals surface area contributed by atoms with Crippen LogP contribution in [0.25, 0.3) is 0 Å².